The molecule has 0 aliphatic rings. The second kappa shape index (κ2) is 6.97. The van der Waals surface area contributed by atoms with E-state index >= 15 is 0 Å². The zero-order valence-corrected chi connectivity index (χ0v) is 12.6. The Labute approximate surface area is 136 Å². The van der Waals surface area contributed by atoms with Crippen molar-refractivity contribution in [3.8, 4) is 0 Å². The first-order valence-corrected chi connectivity index (χ1v) is 6.87. The van der Waals surface area contributed by atoms with Gasteiger partial charge in [-0.3, -0.25) is 20.2 Å². The van der Waals surface area contributed by atoms with Crippen molar-refractivity contribution in [3.05, 3.63) is 69.2 Å². The molecule has 2 N–H and O–H groups in total. The Balaban J connectivity index is 2.06. The first kappa shape index (κ1) is 15.9. The number of non-ortho nitro benzene ring substituents is 1. The van der Waals surface area contributed by atoms with E-state index in [2.05, 4.69) is 10.6 Å². The Hall–Kier alpha value is -2.51. The van der Waals surface area contributed by atoms with Crippen LogP contribution in [0.2, 0.25) is 5.02 Å². The summed E-state index contributed by atoms with van der Waals surface area (Å²) >= 11 is 11.0. The average molecular weight is 336 g/mol. The topological polar surface area (TPSA) is 84.3 Å². The van der Waals surface area contributed by atoms with Crippen LogP contribution in [-0.2, 0) is 0 Å². The molecule has 1 amide bonds. The van der Waals surface area contributed by atoms with E-state index in [9.17, 15) is 14.9 Å². The summed E-state index contributed by atoms with van der Waals surface area (Å²) in [5, 5.41) is 16.4. The van der Waals surface area contributed by atoms with Crippen LogP contribution in [0.15, 0.2) is 48.5 Å². The molecule has 8 heteroatoms. The summed E-state index contributed by atoms with van der Waals surface area (Å²) in [5.41, 5.74) is 0.517. The van der Waals surface area contributed by atoms with Crippen LogP contribution < -0.4 is 10.6 Å². The highest BCUT2D eigenvalue weighted by atomic mass is 35.5. The molecule has 2 aromatic carbocycles. The van der Waals surface area contributed by atoms with Gasteiger partial charge in [0.05, 0.1) is 15.6 Å². The molecule has 2 aromatic rings. The lowest BCUT2D eigenvalue weighted by molar-refractivity contribution is -0.384. The number of nitro benzene ring substituents is 1. The van der Waals surface area contributed by atoms with Crippen LogP contribution >= 0.6 is 23.8 Å². The van der Waals surface area contributed by atoms with Crippen LogP contribution in [0.4, 0.5) is 11.4 Å². The molecule has 112 valence electrons. The zero-order chi connectivity index (χ0) is 16.1. The first-order chi connectivity index (χ1) is 10.5. The van der Waals surface area contributed by atoms with Gasteiger partial charge in [-0.1, -0.05) is 29.8 Å². The van der Waals surface area contributed by atoms with Crippen molar-refractivity contribution in [2.45, 2.75) is 0 Å². The van der Waals surface area contributed by atoms with Crippen LogP contribution in [0.1, 0.15) is 10.4 Å². The maximum atomic E-state index is 12.0. The molecule has 2 rings (SSSR count). The number of para-hydroxylation sites is 1. The van der Waals surface area contributed by atoms with Crippen molar-refractivity contribution < 1.29 is 9.72 Å². The predicted octanol–water partition coefficient (Wildman–Crippen LogP) is 3.38. The van der Waals surface area contributed by atoms with Crippen LogP contribution in [0.3, 0.4) is 0 Å². The fourth-order valence-corrected chi connectivity index (χ4v) is 2.04. The van der Waals surface area contributed by atoms with Gasteiger partial charge in [-0.05, 0) is 30.4 Å². The van der Waals surface area contributed by atoms with Gasteiger partial charge in [0.1, 0.15) is 0 Å². The number of nitrogens with one attached hydrogen (secondary N) is 2. The largest absolute Gasteiger partial charge is 0.331 e. The van der Waals surface area contributed by atoms with E-state index < -0.39 is 10.8 Å². The number of nitro groups is 1. The number of thiocarbonyl (C=S) groups is 1. The third kappa shape index (κ3) is 4.00. The fraction of sp³-hybridized carbons (Fsp3) is 0. The quantitative estimate of drug-likeness (QED) is 0.510. The SMILES string of the molecule is O=C(NC(=S)Nc1ccccc1Cl)c1cccc([N+](=O)[O-])c1. The molecule has 0 radical (unpaired) electrons. The van der Waals surface area contributed by atoms with Gasteiger partial charge >= 0.3 is 0 Å². The third-order valence-electron chi connectivity index (χ3n) is 2.67. The van der Waals surface area contributed by atoms with Crippen molar-refractivity contribution in [2.75, 3.05) is 5.32 Å². The average Bonchev–Trinajstić information content (AvgIpc) is 2.49. The summed E-state index contributed by atoms with van der Waals surface area (Å²) < 4.78 is 0. The third-order valence-corrected chi connectivity index (χ3v) is 3.20. The number of hydrogen-bond donors (Lipinski definition) is 2. The number of anilines is 1. The lowest BCUT2D eigenvalue weighted by Crippen LogP contribution is -2.34. The molecule has 0 saturated heterocycles. The molecule has 0 aromatic heterocycles. The molecule has 0 fully saturated rings. The predicted molar refractivity (Wildman–Crippen MR) is 88.2 cm³/mol. The Morgan fingerprint density at radius 2 is 1.91 bits per heavy atom. The zero-order valence-electron chi connectivity index (χ0n) is 11.1. The minimum atomic E-state index is -0.572. The number of carbonyl (C=O) groups excluding carboxylic acids is 1. The van der Waals surface area contributed by atoms with Crippen molar-refractivity contribution >= 4 is 46.2 Å². The van der Waals surface area contributed by atoms with E-state index in [0.717, 1.165) is 0 Å². The van der Waals surface area contributed by atoms with Crippen LogP contribution in [0.25, 0.3) is 0 Å². The smallest absolute Gasteiger partial charge is 0.270 e. The Morgan fingerprint density at radius 3 is 2.59 bits per heavy atom. The van der Waals surface area contributed by atoms with E-state index in [1.165, 1.54) is 24.3 Å². The molecule has 0 aliphatic heterocycles. The molecule has 0 saturated carbocycles. The number of amides is 1. The van der Waals surface area contributed by atoms with Crippen LogP contribution in [-0.4, -0.2) is 15.9 Å². The Morgan fingerprint density at radius 1 is 1.18 bits per heavy atom. The summed E-state index contributed by atoms with van der Waals surface area (Å²) in [7, 11) is 0. The maximum absolute atomic E-state index is 12.0. The maximum Gasteiger partial charge on any atom is 0.270 e. The minimum Gasteiger partial charge on any atom is -0.331 e. The second-order valence-corrected chi connectivity index (χ2v) is 5.01. The number of nitrogens with zero attached hydrogens (tertiary/aromatic N) is 1. The monoisotopic (exact) mass is 335 g/mol. The first-order valence-electron chi connectivity index (χ1n) is 6.08. The Kier molecular flexibility index (Phi) is 5.03. The number of carbonyl (C=O) groups is 1. The highest BCUT2D eigenvalue weighted by Crippen LogP contribution is 2.20. The van der Waals surface area contributed by atoms with Crippen molar-refractivity contribution in [1.29, 1.82) is 0 Å². The molecule has 0 aliphatic carbocycles. The number of rotatable bonds is 3. The van der Waals surface area contributed by atoms with Gasteiger partial charge in [-0.15, -0.1) is 0 Å². The molecule has 6 nitrogen and oxygen atoms in total. The normalized spacial score (nSPS) is 9.86. The minimum absolute atomic E-state index is 0.0459. The molecular weight excluding hydrogens is 326 g/mol. The van der Waals surface area contributed by atoms with Gasteiger partial charge < -0.3 is 5.32 Å². The van der Waals surface area contributed by atoms with E-state index in [4.69, 9.17) is 23.8 Å². The molecule has 0 unspecified atom stereocenters. The van der Waals surface area contributed by atoms with E-state index in [1.54, 1.807) is 24.3 Å². The Bertz CT molecular complexity index is 752. The van der Waals surface area contributed by atoms with Gasteiger partial charge in [0.2, 0.25) is 0 Å². The van der Waals surface area contributed by atoms with Gasteiger partial charge in [-0.2, -0.15) is 0 Å². The fourth-order valence-electron chi connectivity index (χ4n) is 1.65. The number of halogens is 1. The van der Waals surface area contributed by atoms with Crippen molar-refractivity contribution in [1.82, 2.24) is 5.32 Å². The summed E-state index contributed by atoms with van der Waals surface area (Å²) in [5.74, 6) is -0.548. The highest BCUT2D eigenvalue weighted by Gasteiger charge is 2.13. The van der Waals surface area contributed by atoms with Crippen molar-refractivity contribution in [3.63, 3.8) is 0 Å². The standard InChI is InChI=1S/C14H10ClN3O3S/c15-11-6-1-2-7-12(11)16-14(22)17-13(19)9-4-3-5-10(8-9)18(20)21/h1-8H,(H2,16,17,19,22). The van der Waals surface area contributed by atoms with E-state index in [0.29, 0.717) is 10.7 Å². The highest BCUT2D eigenvalue weighted by molar-refractivity contribution is 7.80. The van der Waals surface area contributed by atoms with Gasteiger partial charge in [0.15, 0.2) is 5.11 Å². The molecule has 0 heterocycles. The molecule has 0 spiro atoms. The lowest BCUT2D eigenvalue weighted by Gasteiger charge is -2.10. The molecule has 0 atom stereocenters. The summed E-state index contributed by atoms with van der Waals surface area (Å²) in [6, 6.07) is 12.3. The van der Waals surface area contributed by atoms with E-state index in [1.807, 2.05) is 0 Å². The molecular formula is C14H10ClN3O3S. The summed E-state index contributed by atoms with van der Waals surface area (Å²) in [6.45, 7) is 0. The second-order valence-electron chi connectivity index (χ2n) is 4.20. The summed E-state index contributed by atoms with van der Waals surface area (Å²) in [6.07, 6.45) is 0. The molecule has 0 bridgehead atoms. The summed E-state index contributed by atoms with van der Waals surface area (Å²) in [4.78, 5) is 22.1. The number of hydrogen-bond acceptors (Lipinski definition) is 4. The van der Waals surface area contributed by atoms with Crippen LogP contribution in [0.5, 0.6) is 0 Å². The van der Waals surface area contributed by atoms with E-state index in [-0.39, 0.29) is 16.4 Å². The van der Waals surface area contributed by atoms with Crippen molar-refractivity contribution in [2.24, 2.45) is 0 Å². The lowest BCUT2D eigenvalue weighted by atomic mass is 10.2. The molecule has 22 heavy (non-hydrogen) atoms. The van der Waals surface area contributed by atoms with Gasteiger partial charge in [0, 0.05) is 17.7 Å². The number of benzene rings is 2. The van der Waals surface area contributed by atoms with Crippen LogP contribution in [0, 0.1) is 10.1 Å². The van der Waals surface area contributed by atoms with Gasteiger partial charge in [0.25, 0.3) is 11.6 Å². The van der Waals surface area contributed by atoms with Gasteiger partial charge in [-0.25, -0.2) is 0 Å².